The van der Waals surface area contributed by atoms with E-state index in [1.807, 2.05) is 0 Å². The number of carbonyl (C=O) groups excluding carboxylic acids is 2. The first-order valence-corrected chi connectivity index (χ1v) is 11.7. The Balaban J connectivity index is 1.51. The minimum Gasteiger partial charge on any atom is -0.479 e. The van der Waals surface area contributed by atoms with Gasteiger partial charge >= 0.3 is 0 Å². The smallest absolute Gasteiger partial charge is 0.265 e. The standard InChI is InChI=1S/C21H22ClN3O5S/c1-13-20(26)24-17-11-16(8-9-19(17)30-13)31(28,29)25-10-2-3-18(25)21(27)23-12-14-4-6-15(22)7-5-14/h4-9,11,13,18H,2-3,10,12H2,1H3,(H,23,27)(H,24,26)/t13-,18+/m1/s1. The molecule has 0 radical (unpaired) electrons. The van der Waals surface area contributed by atoms with E-state index in [1.165, 1.54) is 22.5 Å². The van der Waals surface area contributed by atoms with E-state index in [1.54, 1.807) is 31.2 Å². The number of benzene rings is 2. The number of hydrogen-bond acceptors (Lipinski definition) is 5. The van der Waals surface area contributed by atoms with Crippen molar-refractivity contribution in [2.45, 2.75) is 43.4 Å². The third kappa shape index (κ3) is 4.39. The second kappa shape index (κ2) is 8.49. The zero-order valence-electron chi connectivity index (χ0n) is 16.8. The van der Waals surface area contributed by atoms with Gasteiger partial charge in [0.25, 0.3) is 5.91 Å². The lowest BCUT2D eigenvalue weighted by molar-refractivity contribution is -0.124. The van der Waals surface area contributed by atoms with Crippen LogP contribution in [-0.4, -0.2) is 43.2 Å². The summed E-state index contributed by atoms with van der Waals surface area (Å²) in [5.74, 6) is -0.285. The molecule has 0 spiro atoms. The number of carbonyl (C=O) groups is 2. The van der Waals surface area contributed by atoms with Crippen molar-refractivity contribution in [3.05, 3.63) is 53.1 Å². The van der Waals surface area contributed by atoms with Crippen LogP contribution in [0.1, 0.15) is 25.3 Å². The maximum atomic E-state index is 13.3. The van der Waals surface area contributed by atoms with Crippen molar-refractivity contribution in [3.8, 4) is 5.75 Å². The first-order valence-electron chi connectivity index (χ1n) is 9.91. The van der Waals surface area contributed by atoms with Crippen LogP contribution >= 0.6 is 11.6 Å². The van der Waals surface area contributed by atoms with Crippen LogP contribution in [0, 0.1) is 0 Å². The van der Waals surface area contributed by atoms with Crippen LogP contribution in [-0.2, 0) is 26.2 Å². The molecule has 10 heteroatoms. The summed E-state index contributed by atoms with van der Waals surface area (Å²) in [5, 5.41) is 6.06. The van der Waals surface area contributed by atoms with Gasteiger partial charge in [0.05, 0.1) is 10.6 Å². The molecule has 0 bridgehead atoms. The Labute approximate surface area is 185 Å². The molecule has 31 heavy (non-hydrogen) atoms. The van der Waals surface area contributed by atoms with E-state index in [9.17, 15) is 18.0 Å². The van der Waals surface area contributed by atoms with Gasteiger partial charge in [-0.25, -0.2) is 8.42 Å². The highest BCUT2D eigenvalue weighted by molar-refractivity contribution is 7.89. The Morgan fingerprint density at radius 2 is 2.00 bits per heavy atom. The van der Waals surface area contributed by atoms with Gasteiger partial charge in [0.2, 0.25) is 15.9 Å². The third-order valence-corrected chi connectivity index (χ3v) is 7.53. The van der Waals surface area contributed by atoms with Crippen LogP contribution in [0.25, 0.3) is 0 Å². The van der Waals surface area contributed by atoms with Crippen molar-refractivity contribution in [1.29, 1.82) is 0 Å². The van der Waals surface area contributed by atoms with Gasteiger partial charge in [-0.1, -0.05) is 23.7 Å². The van der Waals surface area contributed by atoms with Crippen molar-refractivity contribution in [3.63, 3.8) is 0 Å². The predicted molar refractivity (Wildman–Crippen MR) is 115 cm³/mol. The number of halogens is 1. The number of amides is 2. The molecule has 2 atom stereocenters. The first kappa shape index (κ1) is 21.6. The molecule has 2 N–H and O–H groups in total. The van der Waals surface area contributed by atoms with E-state index in [-0.39, 0.29) is 29.8 Å². The highest BCUT2D eigenvalue weighted by Gasteiger charge is 2.40. The average Bonchev–Trinajstić information content (AvgIpc) is 3.24. The van der Waals surface area contributed by atoms with Crippen LogP contribution in [0.2, 0.25) is 5.02 Å². The fourth-order valence-corrected chi connectivity index (χ4v) is 5.49. The largest absolute Gasteiger partial charge is 0.479 e. The molecule has 2 aliphatic rings. The summed E-state index contributed by atoms with van der Waals surface area (Å²) in [6.45, 7) is 2.14. The summed E-state index contributed by atoms with van der Waals surface area (Å²) in [7, 11) is -3.94. The van der Waals surface area contributed by atoms with Crippen LogP contribution in [0.4, 0.5) is 5.69 Å². The zero-order chi connectivity index (χ0) is 22.2. The minimum atomic E-state index is -3.94. The molecule has 2 aromatic rings. The number of nitrogens with one attached hydrogen (secondary N) is 2. The number of nitrogens with zero attached hydrogens (tertiary/aromatic N) is 1. The van der Waals surface area contributed by atoms with Crippen molar-refractivity contribution < 1.29 is 22.7 Å². The molecule has 164 valence electrons. The van der Waals surface area contributed by atoms with Gasteiger partial charge in [0, 0.05) is 18.1 Å². The second-order valence-corrected chi connectivity index (χ2v) is 9.85. The van der Waals surface area contributed by atoms with Crippen molar-refractivity contribution >= 4 is 39.1 Å². The molecular weight excluding hydrogens is 442 g/mol. The number of hydrogen-bond donors (Lipinski definition) is 2. The fraction of sp³-hybridized carbons (Fsp3) is 0.333. The summed E-state index contributed by atoms with van der Waals surface area (Å²) in [6.07, 6.45) is 0.372. The van der Waals surface area contributed by atoms with Crippen LogP contribution < -0.4 is 15.4 Å². The molecule has 1 fully saturated rings. The van der Waals surface area contributed by atoms with E-state index in [0.717, 1.165) is 5.56 Å². The molecule has 2 aromatic carbocycles. The van der Waals surface area contributed by atoms with Gasteiger partial charge in [0.15, 0.2) is 6.10 Å². The minimum absolute atomic E-state index is 0.00195. The van der Waals surface area contributed by atoms with Gasteiger partial charge in [-0.05, 0) is 55.7 Å². The average molecular weight is 464 g/mol. The number of rotatable bonds is 5. The molecule has 0 aromatic heterocycles. The van der Waals surface area contributed by atoms with Crippen LogP contribution in [0.15, 0.2) is 47.4 Å². The van der Waals surface area contributed by atoms with E-state index < -0.39 is 22.2 Å². The van der Waals surface area contributed by atoms with Crippen molar-refractivity contribution in [1.82, 2.24) is 9.62 Å². The van der Waals surface area contributed by atoms with E-state index >= 15 is 0 Å². The van der Waals surface area contributed by atoms with E-state index in [2.05, 4.69) is 10.6 Å². The van der Waals surface area contributed by atoms with Crippen molar-refractivity contribution in [2.24, 2.45) is 0 Å². The molecule has 0 aliphatic carbocycles. The monoisotopic (exact) mass is 463 g/mol. The number of fused-ring (bicyclic) bond motifs is 1. The topological polar surface area (TPSA) is 105 Å². The van der Waals surface area contributed by atoms with Gasteiger partial charge < -0.3 is 15.4 Å². The molecule has 2 heterocycles. The Morgan fingerprint density at radius 1 is 1.26 bits per heavy atom. The van der Waals surface area contributed by atoms with Gasteiger partial charge in [-0.15, -0.1) is 0 Å². The number of sulfonamides is 1. The van der Waals surface area contributed by atoms with E-state index in [4.69, 9.17) is 16.3 Å². The van der Waals surface area contributed by atoms with E-state index in [0.29, 0.717) is 29.3 Å². The molecular formula is C21H22ClN3O5S. The maximum Gasteiger partial charge on any atom is 0.265 e. The Bertz CT molecular complexity index is 1120. The maximum absolute atomic E-state index is 13.3. The summed E-state index contributed by atoms with van der Waals surface area (Å²) in [5.41, 5.74) is 1.16. The lowest BCUT2D eigenvalue weighted by atomic mass is 10.2. The SMILES string of the molecule is C[C@H]1Oc2ccc(S(=O)(=O)N3CCC[C@H]3C(=O)NCc3ccc(Cl)cc3)cc2NC1=O. The summed E-state index contributed by atoms with van der Waals surface area (Å²) in [6, 6.07) is 10.6. The molecule has 0 unspecified atom stereocenters. The second-order valence-electron chi connectivity index (χ2n) is 7.53. The van der Waals surface area contributed by atoms with Gasteiger partial charge in [0.1, 0.15) is 11.8 Å². The van der Waals surface area contributed by atoms with Gasteiger partial charge in [-0.2, -0.15) is 4.31 Å². The first-order chi connectivity index (χ1) is 14.8. The van der Waals surface area contributed by atoms with Crippen molar-refractivity contribution in [2.75, 3.05) is 11.9 Å². The molecule has 2 amide bonds. The quantitative estimate of drug-likeness (QED) is 0.709. The number of ether oxygens (including phenoxy) is 1. The zero-order valence-corrected chi connectivity index (χ0v) is 18.4. The highest BCUT2D eigenvalue weighted by atomic mass is 35.5. The Hall–Kier alpha value is -2.62. The summed E-state index contributed by atoms with van der Waals surface area (Å²) in [4.78, 5) is 24.6. The lowest BCUT2D eigenvalue weighted by Crippen LogP contribution is -2.45. The predicted octanol–water partition coefficient (Wildman–Crippen LogP) is 2.53. The molecule has 1 saturated heterocycles. The molecule has 0 saturated carbocycles. The summed E-state index contributed by atoms with van der Waals surface area (Å²) >= 11 is 5.87. The third-order valence-electron chi connectivity index (χ3n) is 5.37. The van der Waals surface area contributed by atoms with Gasteiger partial charge in [-0.3, -0.25) is 9.59 Å². The molecule has 8 nitrogen and oxygen atoms in total. The van der Waals surface area contributed by atoms with Crippen LogP contribution in [0.3, 0.4) is 0 Å². The fourth-order valence-electron chi connectivity index (χ4n) is 3.68. The number of anilines is 1. The molecule has 4 rings (SSSR count). The molecule has 2 aliphatic heterocycles. The van der Waals surface area contributed by atoms with Crippen LogP contribution in [0.5, 0.6) is 5.75 Å². The Morgan fingerprint density at radius 3 is 2.74 bits per heavy atom. The highest BCUT2D eigenvalue weighted by Crippen LogP contribution is 2.34. The Kier molecular flexibility index (Phi) is 5.92. The summed E-state index contributed by atoms with van der Waals surface area (Å²) < 4.78 is 33.2. The lowest BCUT2D eigenvalue weighted by Gasteiger charge is -2.26. The normalized spacial score (nSPS) is 21.2.